The summed E-state index contributed by atoms with van der Waals surface area (Å²) in [7, 11) is 0. The maximum atomic E-state index is 15.2. The molecule has 54 heavy (non-hydrogen) atoms. The average Bonchev–Trinajstić information content (AvgIpc) is 3.43. The van der Waals surface area contributed by atoms with E-state index in [-0.39, 0.29) is 58.7 Å². The number of fused-ring (bicyclic) bond motifs is 1. The van der Waals surface area contributed by atoms with Crippen LogP contribution in [0.4, 0.5) is 9.18 Å². The van der Waals surface area contributed by atoms with Crippen LogP contribution >= 0.6 is 11.6 Å². The molecule has 2 bridgehead atoms. The fourth-order valence-electron chi connectivity index (χ4n) is 12.0. The molecule has 3 N–H and O–H groups in total. The number of carbonyl (C=O) groups is 2. The summed E-state index contributed by atoms with van der Waals surface area (Å²) in [6, 6.07) is 23.8. The summed E-state index contributed by atoms with van der Waals surface area (Å²) >= 11 is 6.50. The zero-order valence-corrected chi connectivity index (χ0v) is 32.3. The lowest BCUT2D eigenvalue weighted by atomic mass is 9.32. The van der Waals surface area contributed by atoms with Gasteiger partial charge in [-0.2, -0.15) is 0 Å². The Morgan fingerprint density at radius 2 is 1.57 bits per heavy atom. The number of aliphatic hydroxyl groups is 2. The lowest BCUT2D eigenvalue weighted by molar-refractivity contribution is -0.177. The highest BCUT2D eigenvalue weighted by atomic mass is 35.5. The molecule has 3 aromatic carbocycles. The molecule has 0 aliphatic heterocycles. The monoisotopic (exact) mass is 750 g/mol. The number of hydrogen-bond acceptors (Lipinski definition) is 4. The summed E-state index contributed by atoms with van der Waals surface area (Å²) in [5, 5.41) is 27.6. The highest BCUT2D eigenvalue weighted by Gasteiger charge is 2.74. The molecule has 9 unspecified atom stereocenters. The van der Waals surface area contributed by atoms with Crippen LogP contribution in [0.1, 0.15) is 88.4 Å². The van der Waals surface area contributed by atoms with Gasteiger partial charge < -0.3 is 20.4 Å². The van der Waals surface area contributed by atoms with Gasteiger partial charge in [0.15, 0.2) is 5.78 Å². The van der Waals surface area contributed by atoms with E-state index in [1.165, 1.54) is 6.07 Å². The van der Waals surface area contributed by atoms with Gasteiger partial charge in [-0.15, -0.1) is 0 Å². The molecule has 2 spiro atoms. The van der Waals surface area contributed by atoms with Gasteiger partial charge in [0.25, 0.3) is 0 Å². The maximum absolute atomic E-state index is 15.2. The van der Waals surface area contributed by atoms with Gasteiger partial charge in [-0.1, -0.05) is 110 Å². The summed E-state index contributed by atoms with van der Waals surface area (Å²) in [5.41, 5.74) is -0.441. The summed E-state index contributed by atoms with van der Waals surface area (Å²) in [6.07, 6.45) is 10.8. The Morgan fingerprint density at radius 3 is 2.30 bits per heavy atom. The molecule has 0 saturated heterocycles. The number of benzene rings is 3. The first kappa shape index (κ1) is 37.2. The number of aliphatic hydroxyl groups excluding tert-OH is 1. The van der Waals surface area contributed by atoms with Crippen LogP contribution in [0.5, 0.6) is 0 Å². The van der Waals surface area contributed by atoms with Crippen molar-refractivity contribution in [1.82, 2.24) is 10.2 Å². The minimum Gasteiger partial charge on any atom is -0.393 e. The summed E-state index contributed by atoms with van der Waals surface area (Å²) in [6.45, 7) is 6.96. The van der Waals surface area contributed by atoms with Crippen LogP contribution in [0.3, 0.4) is 0 Å². The molecule has 3 aromatic rings. The lowest BCUT2D eigenvalue weighted by Crippen LogP contribution is -2.67. The van der Waals surface area contributed by atoms with Crippen LogP contribution in [-0.2, 0) is 17.8 Å². The second kappa shape index (κ2) is 13.5. The van der Waals surface area contributed by atoms with E-state index < -0.39 is 33.8 Å². The molecule has 0 heterocycles. The van der Waals surface area contributed by atoms with Gasteiger partial charge >= 0.3 is 6.03 Å². The largest absolute Gasteiger partial charge is 0.393 e. The minimum absolute atomic E-state index is 0.0957. The molecule has 2 amide bonds. The van der Waals surface area contributed by atoms with Crippen molar-refractivity contribution in [2.24, 2.45) is 33.5 Å². The Morgan fingerprint density at radius 1 is 0.907 bits per heavy atom. The number of carbonyl (C=O) groups excluding carboxylic acids is 2. The quantitative estimate of drug-likeness (QED) is 0.190. The molecule has 9 atom stereocenters. The molecule has 9 rings (SSSR count). The third kappa shape index (κ3) is 5.63. The zero-order valence-electron chi connectivity index (χ0n) is 31.5. The van der Waals surface area contributed by atoms with E-state index in [9.17, 15) is 19.8 Å². The van der Waals surface area contributed by atoms with E-state index >= 15 is 4.39 Å². The predicted octanol–water partition coefficient (Wildman–Crippen LogP) is 9.15. The van der Waals surface area contributed by atoms with Crippen molar-refractivity contribution >= 4 is 23.4 Å². The number of rotatable bonds is 9. The number of hydrogen-bond donors (Lipinski definition) is 3. The first-order valence-electron chi connectivity index (χ1n) is 19.7. The van der Waals surface area contributed by atoms with E-state index in [4.69, 9.17) is 11.6 Å². The average molecular weight is 751 g/mol. The highest BCUT2D eigenvalue weighted by molar-refractivity contribution is 6.31. The molecule has 6 aliphatic rings. The van der Waals surface area contributed by atoms with E-state index in [1.807, 2.05) is 67.6 Å². The lowest BCUT2D eigenvalue weighted by Gasteiger charge is -2.71. The summed E-state index contributed by atoms with van der Waals surface area (Å²) in [4.78, 5) is 30.8. The van der Waals surface area contributed by atoms with Crippen LogP contribution in [-0.4, -0.2) is 45.2 Å². The first-order valence-corrected chi connectivity index (χ1v) is 20.1. The Kier molecular flexibility index (Phi) is 9.26. The third-order valence-corrected chi connectivity index (χ3v) is 15.4. The van der Waals surface area contributed by atoms with E-state index in [2.05, 4.69) is 37.4 Å². The normalized spacial score (nSPS) is 35.3. The number of halogens is 2. The maximum Gasteiger partial charge on any atom is 0.318 e. The van der Waals surface area contributed by atoms with Crippen molar-refractivity contribution < 1.29 is 24.2 Å². The molecular formula is C46H52ClFN2O4. The van der Waals surface area contributed by atoms with Gasteiger partial charge in [0.1, 0.15) is 5.82 Å². The van der Waals surface area contributed by atoms with E-state index in [0.717, 1.165) is 30.4 Å². The number of amides is 2. The summed E-state index contributed by atoms with van der Waals surface area (Å²) < 4.78 is 15.2. The Labute approximate surface area is 323 Å². The third-order valence-electron chi connectivity index (χ3n) is 15.0. The Hall–Kier alpha value is -3.78. The second-order valence-corrected chi connectivity index (χ2v) is 17.9. The van der Waals surface area contributed by atoms with Crippen molar-refractivity contribution in [3.05, 3.63) is 130 Å². The first-order chi connectivity index (χ1) is 25.8. The van der Waals surface area contributed by atoms with Gasteiger partial charge in [-0.25, -0.2) is 9.18 Å². The smallest absolute Gasteiger partial charge is 0.318 e. The molecule has 0 radical (unpaired) electrons. The fraction of sp³-hybridized carbons (Fsp3) is 0.478. The van der Waals surface area contributed by atoms with Crippen LogP contribution in [0.2, 0.25) is 5.02 Å². The van der Waals surface area contributed by atoms with E-state index in [0.29, 0.717) is 37.8 Å². The predicted molar refractivity (Wildman–Crippen MR) is 209 cm³/mol. The second-order valence-electron chi connectivity index (χ2n) is 17.5. The highest BCUT2D eigenvalue weighted by Crippen LogP contribution is 2.78. The molecule has 8 heteroatoms. The van der Waals surface area contributed by atoms with Crippen LogP contribution in [0, 0.1) is 39.3 Å². The number of allylic oxidation sites excluding steroid dienone is 4. The van der Waals surface area contributed by atoms with Gasteiger partial charge in [0.2, 0.25) is 0 Å². The van der Waals surface area contributed by atoms with Gasteiger partial charge in [-0.3, -0.25) is 4.79 Å². The summed E-state index contributed by atoms with van der Waals surface area (Å²) in [5.74, 6) is -0.667. The Bertz CT molecular complexity index is 1990. The molecule has 3 fully saturated rings. The number of nitrogens with zero attached hydrogens (tertiary/aromatic N) is 1. The van der Waals surface area contributed by atoms with Gasteiger partial charge in [-0.05, 0) is 92.4 Å². The van der Waals surface area contributed by atoms with Crippen molar-refractivity contribution in [3.63, 3.8) is 0 Å². The van der Waals surface area contributed by atoms with Crippen LogP contribution < -0.4 is 5.32 Å². The van der Waals surface area contributed by atoms with Gasteiger partial charge in [0, 0.05) is 45.4 Å². The van der Waals surface area contributed by atoms with Crippen LogP contribution in [0.25, 0.3) is 0 Å². The molecule has 3 saturated carbocycles. The number of urea groups is 1. The molecule has 284 valence electrons. The molecule has 6 aliphatic carbocycles. The Balaban J connectivity index is 1.17. The molecule has 0 aromatic heterocycles. The van der Waals surface area contributed by atoms with Gasteiger partial charge in [0.05, 0.1) is 24.3 Å². The van der Waals surface area contributed by atoms with Crippen molar-refractivity contribution in [3.8, 4) is 0 Å². The SMILES string of the molecule is CC(NC(=O)N(Cc1ccccc1)CC1(O)CCC2C34C=CC5(C=C3C(=O)Cc3c(F)cccc3Cl)CC(O)CCC5(C)C4CCC21C)c1ccccc1. The van der Waals surface area contributed by atoms with E-state index in [1.54, 1.807) is 17.0 Å². The minimum atomic E-state index is -1.24. The molecular weight excluding hydrogens is 699 g/mol. The standard InChI is InChI=1S/C46H52ClFN2O4/c1-30(32-13-8-5-9-14-32)49-41(53)50(28-31-11-6-4-7-12-31)29-45(54)22-19-40-43(45,3)21-18-39-42(2)20-17-33(51)26-44(42)23-24-46(39,40)35(27-44)38(52)25-34-36(47)15-10-16-37(34)48/h4-16,23-24,27,30,33,39-40,51,54H,17-22,25-26,28-29H2,1-3H3,(H,49,53). The number of nitrogens with one attached hydrogen (secondary N) is 1. The molecule has 6 nitrogen and oxygen atoms in total. The van der Waals surface area contributed by atoms with Crippen molar-refractivity contribution in [2.45, 2.75) is 96.4 Å². The number of ketones is 1. The van der Waals surface area contributed by atoms with Crippen molar-refractivity contribution in [1.29, 1.82) is 0 Å². The number of Topliss-reactive ketones (excluding diaryl/α,β-unsaturated/α-hetero) is 1. The zero-order chi connectivity index (χ0) is 38.1. The fourth-order valence-corrected chi connectivity index (χ4v) is 12.3. The topological polar surface area (TPSA) is 89.9 Å². The van der Waals surface area contributed by atoms with Crippen LogP contribution in [0.15, 0.2) is 103 Å². The van der Waals surface area contributed by atoms with Crippen molar-refractivity contribution in [2.75, 3.05) is 6.54 Å².